The molecule has 0 atom stereocenters. The molecule has 0 saturated heterocycles. The van der Waals surface area contributed by atoms with Crippen LogP contribution >= 0.6 is 0 Å². The van der Waals surface area contributed by atoms with Crippen molar-refractivity contribution < 1.29 is 19.4 Å². The number of aromatic carboxylic acids is 1. The summed E-state index contributed by atoms with van der Waals surface area (Å²) in [6, 6.07) is 15.5. The Morgan fingerprint density at radius 1 is 0.938 bits per heavy atom. The zero-order chi connectivity index (χ0) is 23.4. The van der Waals surface area contributed by atoms with Crippen molar-refractivity contribution in [2.24, 2.45) is 0 Å². The van der Waals surface area contributed by atoms with Crippen LogP contribution in [0.15, 0.2) is 48.5 Å². The van der Waals surface area contributed by atoms with Gasteiger partial charge in [0.2, 0.25) is 0 Å². The molecule has 3 aromatic rings. The van der Waals surface area contributed by atoms with E-state index in [4.69, 9.17) is 9.47 Å². The quantitative estimate of drug-likeness (QED) is 0.469. The largest absolute Gasteiger partial charge is 0.487 e. The lowest BCUT2D eigenvalue weighted by Gasteiger charge is -2.25. The van der Waals surface area contributed by atoms with Gasteiger partial charge in [0.15, 0.2) is 11.5 Å². The van der Waals surface area contributed by atoms with Crippen molar-refractivity contribution in [3.8, 4) is 34.0 Å². The van der Waals surface area contributed by atoms with Gasteiger partial charge in [-0.15, -0.1) is 0 Å². The van der Waals surface area contributed by atoms with Crippen molar-refractivity contribution in [2.75, 3.05) is 0 Å². The molecular weight excluding hydrogens is 402 g/mol. The zero-order valence-corrected chi connectivity index (χ0v) is 19.8. The first-order valence-corrected chi connectivity index (χ1v) is 11.4. The topological polar surface area (TPSA) is 60.7 Å². The molecule has 0 unspecified atom stereocenters. The molecule has 0 fully saturated rings. The normalized spacial score (nSPS) is 12.0. The van der Waals surface area contributed by atoms with Crippen LogP contribution in [0.25, 0.3) is 22.5 Å². The molecule has 1 N–H and O–H groups in total. The van der Waals surface area contributed by atoms with Gasteiger partial charge in [0.25, 0.3) is 0 Å². The number of rotatable bonds is 6. The van der Waals surface area contributed by atoms with Crippen LogP contribution in [0, 0.1) is 0 Å². The second-order valence-corrected chi connectivity index (χ2v) is 8.15. The highest BCUT2D eigenvalue weighted by Crippen LogP contribution is 2.43. The first-order chi connectivity index (χ1) is 15.3. The Bertz CT molecular complexity index is 1080. The van der Waals surface area contributed by atoms with E-state index >= 15 is 0 Å². The summed E-state index contributed by atoms with van der Waals surface area (Å²) in [7, 11) is 0. The maximum atomic E-state index is 12.1. The molecule has 0 aliphatic carbocycles. The van der Waals surface area contributed by atoms with Gasteiger partial charge in [-0.05, 0) is 63.4 Å². The average Bonchev–Trinajstić information content (AvgIpc) is 3.16. The smallest absolute Gasteiger partial charge is 0.337 e. The molecule has 1 aromatic heterocycles. The maximum Gasteiger partial charge on any atom is 0.337 e. The Balaban J connectivity index is 0.00000141. The Kier molecular flexibility index (Phi) is 7.29. The molecule has 0 radical (unpaired) electrons. The van der Waals surface area contributed by atoms with E-state index in [9.17, 15) is 9.90 Å². The third kappa shape index (κ3) is 4.67. The number of ether oxygens (including phenoxy) is 2. The van der Waals surface area contributed by atoms with Crippen LogP contribution < -0.4 is 9.47 Å². The third-order valence-electron chi connectivity index (χ3n) is 5.15. The van der Waals surface area contributed by atoms with E-state index in [0.29, 0.717) is 17.9 Å². The molecule has 4 rings (SSSR count). The summed E-state index contributed by atoms with van der Waals surface area (Å²) < 4.78 is 14.2. The van der Waals surface area contributed by atoms with E-state index in [1.165, 1.54) is 0 Å². The van der Waals surface area contributed by atoms with E-state index in [2.05, 4.69) is 4.57 Å². The number of aryl methyl sites for hydroxylation is 1. The van der Waals surface area contributed by atoms with Crippen molar-refractivity contribution in [3.63, 3.8) is 0 Å². The lowest BCUT2D eigenvalue weighted by atomic mass is 9.97. The molecule has 32 heavy (non-hydrogen) atoms. The monoisotopic (exact) mass is 435 g/mol. The summed E-state index contributed by atoms with van der Waals surface area (Å²) in [5.41, 5.74) is 5.01. The number of benzene rings is 2. The summed E-state index contributed by atoms with van der Waals surface area (Å²) in [5, 5.41) is 9.88. The molecular formula is C27H33NO4. The van der Waals surface area contributed by atoms with Gasteiger partial charge in [0.05, 0.1) is 23.5 Å². The molecule has 1 aliphatic rings. The second-order valence-electron chi connectivity index (χ2n) is 8.15. The molecule has 2 heterocycles. The molecule has 0 amide bonds. The highest BCUT2D eigenvalue weighted by atomic mass is 16.5. The summed E-state index contributed by atoms with van der Waals surface area (Å²) in [5.74, 6) is 0.500. The molecule has 2 aromatic carbocycles. The number of fused-ring (bicyclic) bond motifs is 3. The molecule has 170 valence electrons. The Morgan fingerprint density at radius 2 is 1.53 bits per heavy atom. The van der Waals surface area contributed by atoms with Gasteiger partial charge in [0, 0.05) is 17.8 Å². The minimum absolute atomic E-state index is 0.00222. The molecule has 5 nitrogen and oxygen atoms in total. The second kappa shape index (κ2) is 9.94. The number of nitrogens with zero attached hydrogens (tertiary/aromatic N) is 1. The molecule has 0 saturated carbocycles. The molecule has 5 heteroatoms. The number of carbonyl (C=O) groups is 1. The van der Waals surface area contributed by atoms with Crippen molar-refractivity contribution in [2.45, 2.75) is 66.7 Å². The third-order valence-corrected chi connectivity index (χ3v) is 5.15. The summed E-state index contributed by atoms with van der Waals surface area (Å²) >= 11 is 0. The lowest BCUT2D eigenvalue weighted by Crippen LogP contribution is -2.15. The summed E-state index contributed by atoms with van der Waals surface area (Å²) in [6.07, 6.45) is 0.836. The fourth-order valence-corrected chi connectivity index (χ4v) is 4.05. The SMILES string of the molecule is CC.CC(C)Oc1cc2c(cc1OC(C)C)-c1cc(C(=O)O)c(-c3ccccc3)n1CC2. The summed E-state index contributed by atoms with van der Waals surface area (Å²) in [6.45, 7) is 12.7. The fourth-order valence-electron chi connectivity index (χ4n) is 4.05. The highest BCUT2D eigenvalue weighted by Gasteiger charge is 2.27. The van der Waals surface area contributed by atoms with Gasteiger partial charge < -0.3 is 19.1 Å². The van der Waals surface area contributed by atoms with Crippen LogP contribution in [0.5, 0.6) is 11.5 Å². The van der Waals surface area contributed by atoms with Gasteiger partial charge >= 0.3 is 5.97 Å². The first kappa shape index (κ1) is 23.5. The van der Waals surface area contributed by atoms with Gasteiger partial charge in [-0.3, -0.25) is 0 Å². The van der Waals surface area contributed by atoms with Crippen molar-refractivity contribution in [1.82, 2.24) is 4.57 Å². The predicted octanol–water partition coefficient (Wildman–Crippen LogP) is 6.68. The predicted molar refractivity (Wildman–Crippen MR) is 129 cm³/mol. The maximum absolute atomic E-state index is 12.1. The van der Waals surface area contributed by atoms with Gasteiger partial charge in [-0.25, -0.2) is 4.79 Å². The minimum atomic E-state index is -0.921. The Labute approximate surface area is 190 Å². The number of aromatic nitrogens is 1. The van der Waals surface area contributed by atoms with Crippen LogP contribution in [-0.2, 0) is 13.0 Å². The standard InChI is InChI=1S/C25H27NO4.C2H6/c1-15(2)29-22-12-18-10-11-26-21(19(18)14-23(22)30-16(3)4)13-20(25(27)28)24(26)17-8-6-5-7-9-17;1-2/h5-9,12-16H,10-11H2,1-4H3,(H,27,28);1-2H3. The zero-order valence-electron chi connectivity index (χ0n) is 19.8. The van der Waals surface area contributed by atoms with E-state index in [1.54, 1.807) is 6.07 Å². The van der Waals surface area contributed by atoms with E-state index in [0.717, 1.165) is 40.2 Å². The van der Waals surface area contributed by atoms with Crippen molar-refractivity contribution >= 4 is 5.97 Å². The van der Waals surface area contributed by atoms with Crippen molar-refractivity contribution in [3.05, 3.63) is 59.7 Å². The Hall–Kier alpha value is -3.21. The van der Waals surface area contributed by atoms with Gasteiger partial charge in [0.1, 0.15) is 0 Å². The first-order valence-electron chi connectivity index (χ1n) is 11.4. The number of carboxylic acids is 1. The van der Waals surface area contributed by atoms with E-state index in [-0.39, 0.29) is 12.2 Å². The van der Waals surface area contributed by atoms with Crippen LogP contribution in [0.4, 0.5) is 0 Å². The van der Waals surface area contributed by atoms with Crippen LogP contribution in [0.2, 0.25) is 0 Å². The molecule has 0 bridgehead atoms. The Morgan fingerprint density at radius 3 is 2.09 bits per heavy atom. The summed E-state index contributed by atoms with van der Waals surface area (Å²) in [4.78, 5) is 12.1. The van der Waals surface area contributed by atoms with E-state index in [1.807, 2.05) is 84.0 Å². The van der Waals surface area contributed by atoms with Crippen molar-refractivity contribution in [1.29, 1.82) is 0 Å². The molecule has 1 aliphatic heterocycles. The highest BCUT2D eigenvalue weighted by molar-refractivity contribution is 5.98. The lowest BCUT2D eigenvalue weighted by molar-refractivity contribution is 0.0697. The number of hydrogen-bond donors (Lipinski definition) is 1. The van der Waals surface area contributed by atoms with Gasteiger partial charge in [-0.2, -0.15) is 0 Å². The van der Waals surface area contributed by atoms with Crippen LogP contribution in [0.1, 0.15) is 57.5 Å². The number of carboxylic acid groups (broad SMARTS) is 1. The van der Waals surface area contributed by atoms with Crippen LogP contribution in [0.3, 0.4) is 0 Å². The van der Waals surface area contributed by atoms with Crippen LogP contribution in [-0.4, -0.2) is 27.9 Å². The number of hydrogen-bond acceptors (Lipinski definition) is 3. The average molecular weight is 436 g/mol. The fraction of sp³-hybridized carbons (Fsp3) is 0.370. The van der Waals surface area contributed by atoms with Gasteiger partial charge in [-0.1, -0.05) is 44.2 Å². The van der Waals surface area contributed by atoms with E-state index < -0.39 is 5.97 Å². The molecule has 0 spiro atoms. The minimum Gasteiger partial charge on any atom is -0.487 e.